The quantitative estimate of drug-likeness (QED) is 0.0819. The predicted octanol–water partition coefficient (Wildman–Crippen LogP) is 20.4. The Kier molecular flexibility index (Phi) is 25.1. The average Bonchev–Trinajstić information content (AvgIpc) is 1.54. The van der Waals surface area contributed by atoms with Crippen LogP contribution in [0.25, 0.3) is 0 Å². The minimum Gasteiger partial charge on any atom is -0.462 e. The van der Waals surface area contributed by atoms with Crippen LogP contribution in [0.1, 0.15) is 320 Å². The third kappa shape index (κ3) is 14.4. The van der Waals surface area contributed by atoms with Crippen molar-refractivity contribution in [1.82, 2.24) is 0 Å². The molecule has 0 radical (unpaired) electrons. The Morgan fingerprint density at radius 2 is 0.708 bits per heavy atom. The highest BCUT2D eigenvalue weighted by atomic mass is 16.6. The van der Waals surface area contributed by atoms with Crippen LogP contribution in [0.5, 0.6) is 0 Å². The van der Waals surface area contributed by atoms with Crippen LogP contribution in [0, 0.1) is 141 Å². The van der Waals surface area contributed by atoms with Gasteiger partial charge in [0.25, 0.3) is 0 Å². The number of hydrogen-bond donors (Lipinski definition) is 0. The third-order valence-electron chi connectivity index (χ3n) is 30.3. The van der Waals surface area contributed by atoms with Crippen LogP contribution >= 0.6 is 0 Å². The molecule has 0 aromatic heterocycles. The van der Waals surface area contributed by atoms with Crippen molar-refractivity contribution in [3.63, 3.8) is 0 Å². The van der Waals surface area contributed by atoms with Gasteiger partial charge in [0.2, 0.25) is 0 Å². The lowest BCUT2D eigenvalue weighted by Gasteiger charge is -2.59. The highest BCUT2D eigenvalue weighted by Gasteiger charge is 2.69. The van der Waals surface area contributed by atoms with Crippen LogP contribution in [0.3, 0.4) is 0 Å². The van der Waals surface area contributed by atoms with E-state index in [1.807, 2.05) is 48.5 Å². The van der Waals surface area contributed by atoms with Crippen LogP contribution in [0.2, 0.25) is 0 Å². The maximum absolute atomic E-state index is 13.4. The normalized spacial score (nSPS) is 41.6. The van der Waals surface area contributed by atoms with E-state index in [0.717, 1.165) is 120 Å². The Morgan fingerprint density at radius 3 is 1.11 bits per heavy atom. The van der Waals surface area contributed by atoms with Crippen LogP contribution < -0.4 is 0 Å². The second kappa shape index (κ2) is 30.0. The second-order valence-corrected chi connectivity index (χ2v) is 36.4. The Balaban J connectivity index is 0.000000197. The van der Waals surface area contributed by atoms with Crippen LogP contribution in [-0.2, 0) is 57.2 Å². The van der Waals surface area contributed by atoms with Crippen molar-refractivity contribution in [3.8, 4) is 0 Å². The average molecular weight is 1350 g/mol. The van der Waals surface area contributed by atoms with Gasteiger partial charge in [0.05, 0.1) is 34.0 Å². The number of hydrogen-bond acceptors (Lipinski definition) is 12. The molecular formula is C84H144O12. The first-order valence-corrected chi connectivity index (χ1v) is 38.0. The fourth-order valence-corrected chi connectivity index (χ4v) is 24.2. The van der Waals surface area contributed by atoms with Crippen molar-refractivity contribution < 1.29 is 57.2 Å². The van der Waals surface area contributed by atoms with Crippen molar-refractivity contribution in [2.24, 2.45) is 141 Å². The molecule has 14 bridgehead atoms. The van der Waals surface area contributed by atoms with Gasteiger partial charge in [-0.05, 0) is 336 Å². The van der Waals surface area contributed by atoms with Crippen molar-refractivity contribution in [3.05, 3.63) is 0 Å². The molecular weight excluding hydrogens is 1200 g/mol. The number of carbonyl (C=O) groups excluding carboxylic acids is 6. The molecule has 16 aliphatic carbocycles. The first-order chi connectivity index (χ1) is 42.7. The molecule has 0 aromatic carbocycles. The summed E-state index contributed by atoms with van der Waals surface area (Å²) in [5.74, 6) is 10.9. The zero-order valence-corrected chi connectivity index (χ0v) is 58.0. The highest BCUT2D eigenvalue weighted by Crippen LogP contribution is 2.71. The number of carbonyl (C=O) groups is 6. The van der Waals surface area contributed by atoms with Gasteiger partial charge in [0.1, 0.15) is 35.1 Å². The van der Waals surface area contributed by atoms with Gasteiger partial charge in [-0.2, -0.15) is 0 Å². The minimum atomic E-state index is -0.453. The Morgan fingerprint density at radius 1 is 0.354 bits per heavy atom. The molecule has 96 heavy (non-hydrogen) atoms. The van der Waals surface area contributed by atoms with Gasteiger partial charge in [-0.25, -0.2) is 0 Å². The van der Waals surface area contributed by atoms with E-state index in [2.05, 4.69) is 34.6 Å². The summed E-state index contributed by atoms with van der Waals surface area (Å²) in [5, 5.41) is 0. The number of rotatable bonds is 16. The molecule has 0 amide bonds. The molecule has 16 rings (SSSR count). The summed E-state index contributed by atoms with van der Waals surface area (Å²) >= 11 is 0. The predicted molar refractivity (Wildman–Crippen MR) is 384 cm³/mol. The smallest absolute Gasteiger partial charge is 0.311 e. The summed E-state index contributed by atoms with van der Waals surface area (Å²) in [6, 6.07) is 0. The molecule has 0 heterocycles. The maximum Gasteiger partial charge on any atom is 0.311 e. The highest BCUT2D eigenvalue weighted by molar-refractivity contribution is 5.78. The van der Waals surface area contributed by atoms with Gasteiger partial charge in [0, 0.05) is 5.92 Å². The van der Waals surface area contributed by atoms with E-state index in [4.69, 9.17) is 28.4 Å². The number of fused-ring (bicyclic) bond motifs is 20. The van der Waals surface area contributed by atoms with Crippen LogP contribution in [0.4, 0.5) is 0 Å². The van der Waals surface area contributed by atoms with Gasteiger partial charge in [-0.1, -0.05) is 85.1 Å². The molecule has 552 valence electrons. The van der Waals surface area contributed by atoms with E-state index < -0.39 is 16.2 Å². The summed E-state index contributed by atoms with van der Waals surface area (Å²) in [6.45, 7) is 24.5. The van der Waals surface area contributed by atoms with Crippen molar-refractivity contribution >= 4 is 35.8 Å². The zero-order valence-electron chi connectivity index (χ0n) is 58.0. The van der Waals surface area contributed by atoms with Crippen molar-refractivity contribution in [1.29, 1.82) is 0 Å². The lowest BCUT2D eigenvalue weighted by molar-refractivity contribution is -0.210. The Hall–Kier alpha value is -3.18. The zero-order chi connectivity index (χ0) is 63.8. The molecule has 0 saturated heterocycles. The summed E-state index contributed by atoms with van der Waals surface area (Å²) in [4.78, 5) is 78.0. The minimum absolute atomic E-state index is 0. The first kappa shape index (κ1) is 80.1. The Labute approximate surface area is 586 Å². The standard InChI is InChI=1S/C27H42O4.C26H40O4.C25H38O4.6CH4/c1-5-26(3,4)25(29)30-21-15-17-14-20(21)23-18-12-16(22(17)23)13-19(18)24(28)31-27(6-2)10-8-7-9-11-27;1-5-25(2,3)24(28)29-20-14-16-13-19(20)22-17-11-15(21(16)22)12-18(17)23(27)30-26(4)9-7-6-8-10-26;1-5-24(2,3)23(27)28-21-13-16-11-19(21)20(12-16)22(26)29-25(4)17-7-14-6-15(9-17)10-18(25)8-14;;;;;;/h16-23H,5-15H2,1-4H3;15-22H,5-14H2,1-4H3;14-21H,5-13H2,1-4H3;6*1H4. The van der Waals surface area contributed by atoms with Gasteiger partial charge in [-0.15, -0.1) is 0 Å². The summed E-state index contributed by atoms with van der Waals surface area (Å²) in [6.07, 6.45) is 33.0. The second-order valence-electron chi connectivity index (χ2n) is 36.4. The van der Waals surface area contributed by atoms with Gasteiger partial charge in [0.15, 0.2) is 0 Å². The fourth-order valence-electron chi connectivity index (χ4n) is 24.2. The van der Waals surface area contributed by atoms with E-state index >= 15 is 0 Å². The molecule has 12 nitrogen and oxygen atoms in total. The van der Waals surface area contributed by atoms with E-state index in [1.165, 1.54) is 96.3 Å². The van der Waals surface area contributed by atoms with E-state index in [0.29, 0.717) is 76.9 Å². The van der Waals surface area contributed by atoms with Crippen LogP contribution in [-0.4, -0.2) is 70.9 Å². The first-order valence-electron chi connectivity index (χ1n) is 38.0. The molecule has 16 aliphatic rings. The molecule has 20 atom stereocenters. The number of esters is 6. The summed E-state index contributed by atoms with van der Waals surface area (Å²) in [5.41, 5.74) is -1.97. The largest absolute Gasteiger partial charge is 0.462 e. The van der Waals surface area contributed by atoms with E-state index in [9.17, 15) is 28.8 Å². The molecule has 16 saturated carbocycles. The van der Waals surface area contributed by atoms with E-state index in [1.54, 1.807) is 0 Å². The van der Waals surface area contributed by atoms with Crippen molar-refractivity contribution in [2.45, 2.75) is 355 Å². The van der Waals surface area contributed by atoms with Gasteiger partial charge < -0.3 is 28.4 Å². The summed E-state index contributed by atoms with van der Waals surface area (Å²) in [7, 11) is 0. The maximum atomic E-state index is 13.4. The lowest BCUT2D eigenvalue weighted by atomic mass is 9.50. The van der Waals surface area contributed by atoms with E-state index in [-0.39, 0.29) is 139 Å². The molecule has 16 fully saturated rings. The SMILES string of the molecule is C.C.C.C.C.C.CCC(C)(C)C(=O)OC1CC2CC(C(=O)OC3(C)C4CC5CC(C4)CC3C5)C1C2.CCC(C)(C)C(=O)OC1CC2CC1C1C3CC(CC3C(=O)OC3(C)CCCCC3)C21.CCC1(OC(=O)C2CC3CC2C2C4CC(CC4OC(=O)C(C)(C)CC)C32)CCCCC1. The van der Waals surface area contributed by atoms with Gasteiger partial charge in [-0.3, -0.25) is 28.8 Å². The molecule has 12 heteroatoms. The monoisotopic (exact) mass is 1350 g/mol. The molecule has 20 unspecified atom stereocenters. The fraction of sp³-hybridized carbons (Fsp3) is 0.929. The lowest BCUT2D eigenvalue weighted by Crippen LogP contribution is -2.58. The van der Waals surface area contributed by atoms with Crippen molar-refractivity contribution in [2.75, 3.05) is 0 Å². The third-order valence-corrected chi connectivity index (χ3v) is 30.3. The van der Waals surface area contributed by atoms with Crippen LogP contribution in [0.15, 0.2) is 0 Å². The molecule has 0 N–H and O–H groups in total. The number of ether oxygens (including phenoxy) is 6. The topological polar surface area (TPSA) is 158 Å². The molecule has 0 aliphatic heterocycles. The van der Waals surface area contributed by atoms with Gasteiger partial charge >= 0.3 is 35.8 Å². The molecule has 0 spiro atoms. The molecule has 0 aromatic rings. The Bertz CT molecular complexity index is 2670. The summed E-state index contributed by atoms with van der Waals surface area (Å²) < 4.78 is 37.1.